The quantitative estimate of drug-likeness (QED) is 0.465. The van der Waals surface area contributed by atoms with Gasteiger partial charge in [-0.25, -0.2) is 4.79 Å². The summed E-state index contributed by atoms with van der Waals surface area (Å²) in [6.07, 6.45) is 0. The molecule has 128 valence electrons. The number of anilines is 1. The van der Waals surface area contributed by atoms with Crippen molar-refractivity contribution in [3.8, 4) is 0 Å². The van der Waals surface area contributed by atoms with Crippen molar-refractivity contribution in [2.75, 3.05) is 4.90 Å². The molecular weight excluding hydrogens is 363 g/mol. The lowest BCUT2D eigenvalue weighted by Gasteiger charge is -2.16. The second kappa shape index (κ2) is 7.25. The number of nitrogens with zero attached hydrogens (tertiary/aromatic N) is 2. The van der Waals surface area contributed by atoms with Gasteiger partial charge in [-0.3, -0.25) is 4.79 Å². The van der Waals surface area contributed by atoms with E-state index in [1.165, 1.54) is 0 Å². The molecule has 3 rings (SSSR count). The zero-order chi connectivity index (χ0) is 18.0. The van der Waals surface area contributed by atoms with Crippen molar-refractivity contribution in [2.45, 2.75) is 18.3 Å². The average molecular weight is 377 g/mol. The molecule has 0 unspecified atom stereocenters. The van der Waals surface area contributed by atoms with Crippen molar-refractivity contribution < 1.29 is 14.4 Å². The minimum Gasteiger partial charge on any atom is -0.314 e. The Hall–Kier alpha value is -2.37. The van der Waals surface area contributed by atoms with Gasteiger partial charge in [0.05, 0.1) is 12.2 Å². The summed E-state index contributed by atoms with van der Waals surface area (Å²) >= 11 is 10.9. The van der Waals surface area contributed by atoms with Crippen LogP contribution in [0.5, 0.6) is 0 Å². The number of carbonyl (C=O) groups excluding carboxylic acids is 2. The molecule has 0 aromatic heterocycles. The fourth-order valence-corrected chi connectivity index (χ4v) is 2.59. The summed E-state index contributed by atoms with van der Waals surface area (Å²) in [4.78, 5) is 29.1. The predicted octanol–water partition coefficient (Wildman–Crippen LogP) is 3.59. The van der Waals surface area contributed by atoms with Crippen LogP contribution in [0.1, 0.15) is 16.7 Å². The molecule has 0 aliphatic carbocycles. The number of halogens is 2. The summed E-state index contributed by atoms with van der Waals surface area (Å²) in [6, 6.07) is 15.1. The molecule has 0 saturated carbocycles. The number of aryl methyl sites for hydroxylation is 1. The second-order valence-corrected chi connectivity index (χ2v) is 6.64. The first-order valence-corrected chi connectivity index (χ1v) is 8.38. The molecule has 1 heterocycles. The van der Waals surface area contributed by atoms with Gasteiger partial charge in [-0.1, -0.05) is 76.4 Å². The van der Waals surface area contributed by atoms with Crippen LogP contribution in [0.2, 0.25) is 0 Å². The van der Waals surface area contributed by atoms with Gasteiger partial charge in [0.15, 0.2) is 5.71 Å². The van der Waals surface area contributed by atoms with Crippen LogP contribution in [-0.2, 0) is 21.0 Å². The van der Waals surface area contributed by atoms with E-state index in [4.69, 9.17) is 23.2 Å². The second-order valence-electron chi connectivity index (χ2n) is 5.54. The maximum atomic E-state index is 12.8. The van der Waals surface area contributed by atoms with Crippen LogP contribution >= 0.6 is 23.2 Å². The van der Waals surface area contributed by atoms with Crippen molar-refractivity contribution in [1.82, 2.24) is 0 Å². The maximum Gasteiger partial charge on any atom is 0.367 e. The first-order chi connectivity index (χ1) is 12.0. The van der Waals surface area contributed by atoms with Crippen molar-refractivity contribution in [2.24, 2.45) is 5.16 Å². The molecular formula is C18H14Cl2N2O3. The largest absolute Gasteiger partial charge is 0.367 e. The lowest BCUT2D eigenvalue weighted by molar-refractivity contribution is -0.141. The molecule has 1 aliphatic rings. The first kappa shape index (κ1) is 17.5. The van der Waals surface area contributed by atoms with Crippen LogP contribution in [0.25, 0.3) is 0 Å². The SMILES string of the molecule is Cc1ccc(CN2C(=O)C(=NOC(=O)C(Cl)Cl)c3ccccc32)cc1. The first-order valence-electron chi connectivity index (χ1n) is 7.51. The number of rotatable bonds is 4. The minimum atomic E-state index is -1.36. The Bertz CT molecular complexity index is 848. The van der Waals surface area contributed by atoms with Crippen molar-refractivity contribution in [3.63, 3.8) is 0 Å². The summed E-state index contributed by atoms with van der Waals surface area (Å²) in [7, 11) is 0. The highest BCUT2D eigenvalue weighted by molar-refractivity contribution is 6.54. The Morgan fingerprint density at radius 1 is 1.16 bits per heavy atom. The Kier molecular flexibility index (Phi) is 5.06. The average Bonchev–Trinajstić information content (AvgIpc) is 2.86. The fraction of sp³-hybridized carbons (Fsp3) is 0.167. The summed E-state index contributed by atoms with van der Waals surface area (Å²) in [5.74, 6) is -1.28. The lowest BCUT2D eigenvalue weighted by atomic mass is 10.1. The van der Waals surface area contributed by atoms with E-state index < -0.39 is 10.8 Å². The number of fused-ring (bicyclic) bond motifs is 1. The Morgan fingerprint density at radius 2 is 1.84 bits per heavy atom. The topological polar surface area (TPSA) is 59.0 Å². The Labute approximate surface area is 154 Å². The molecule has 0 atom stereocenters. The molecule has 0 spiro atoms. The Morgan fingerprint density at radius 3 is 2.52 bits per heavy atom. The van der Waals surface area contributed by atoms with Gasteiger partial charge in [0.25, 0.3) is 5.91 Å². The van der Waals surface area contributed by atoms with Crippen molar-refractivity contribution >= 4 is 46.5 Å². The maximum absolute atomic E-state index is 12.8. The third-order valence-electron chi connectivity index (χ3n) is 3.76. The summed E-state index contributed by atoms with van der Waals surface area (Å²) < 4.78 is 0. The standard InChI is InChI=1S/C18H14Cl2N2O3/c1-11-6-8-12(9-7-11)10-22-14-5-3-2-4-13(14)15(17(22)23)21-25-18(24)16(19)20/h2-9,16H,10H2,1H3. The highest BCUT2D eigenvalue weighted by Gasteiger charge is 2.34. The number of benzene rings is 2. The molecule has 0 bridgehead atoms. The van der Waals surface area contributed by atoms with E-state index in [1.54, 1.807) is 17.0 Å². The minimum absolute atomic E-state index is 0.0463. The fourth-order valence-electron chi connectivity index (χ4n) is 2.51. The van der Waals surface area contributed by atoms with E-state index in [0.29, 0.717) is 17.8 Å². The Balaban J connectivity index is 1.91. The molecule has 1 aliphatic heterocycles. The van der Waals surface area contributed by atoms with Gasteiger partial charge < -0.3 is 9.74 Å². The highest BCUT2D eigenvalue weighted by atomic mass is 35.5. The molecule has 25 heavy (non-hydrogen) atoms. The molecule has 1 amide bonds. The van der Waals surface area contributed by atoms with E-state index in [1.807, 2.05) is 43.3 Å². The molecule has 7 heteroatoms. The lowest BCUT2D eigenvalue weighted by Crippen LogP contribution is -2.30. The number of oxime groups is 1. The van der Waals surface area contributed by atoms with Crippen LogP contribution in [0, 0.1) is 6.92 Å². The number of amides is 1. The van der Waals surface area contributed by atoms with Gasteiger partial charge >= 0.3 is 5.97 Å². The number of alkyl halides is 2. The summed E-state index contributed by atoms with van der Waals surface area (Å²) in [5, 5.41) is 3.68. The van der Waals surface area contributed by atoms with Gasteiger partial charge in [0.1, 0.15) is 0 Å². The number of hydrogen-bond acceptors (Lipinski definition) is 4. The van der Waals surface area contributed by atoms with E-state index >= 15 is 0 Å². The van der Waals surface area contributed by atoms with Crippen LogP contribution in [0.3, 0.4) is 0 Å². The van der Waals surface area contributed by atoms with Crippen LogP contribution in [0.4, 0.5) is 5.69 Å². The third-order valence-corrected chi connectivity index (χ3v) is 4.12. The molecule has 0 N–H and O–H groups in total. The van der Waals surface area contributed by atoms with Crippen molar-refractivity contribution in [1.29, 1.82) is 0 Å². The van der Waals surface area contributed by atoms with Gasteiger partial charge in [0, 0.05) is 5.56 Å². The number of carbonyl (C=O) groups is 2. The molecule has 0 radical (unpaired) electrons. The van der Waals surface area contributed by atoms with E-state index in [0.717, 1.165) is 11.1 Å². The normalized spacial score (nSPS) is 15.0. The number of para-hydroxylation sites is 1. The van der Waals surface area contributed by atoms with E-state index in [-0.39, 0.29) is 11.6 Å². The zero-order valence-corrected chi connectivity index (χ0v) is 14.8. The zero-order valence-electron chi connectivity index (χ0n) is 13.3. The highest BCUT2D eigenvalue weighted by Crippen LogP contribution is 2.30. The van der Waals surface area contributed by atoms with Gasteiger partial charge in [-0.15, -0.1) is 0 Å². The third kappa shape index (κ3) is 3.67. The smallest absolute Gasteiger partial charge is 0.314 e. The van der Waals surface area contributed by atoms with Crippen LogP contribution in [-0.4, -0.2) is 22.4 Å². The van der Waals surface area contributed by atoms with Crippen LogP contribution < -0.4 is 4.90 Å². The number of hydrogen-bond donors (Lipinski definition) is 0. The molecule has 2 aromatic rings. The molecule has 0 fully saturated rings. The van der Waals surface area contributed by atoms with Gasteiger partial charge in [0.2, 0.25) is 4.84 Å². The molecule has 0 saturated heterocycles. The predicted molar refractivity (Wildman–Crippen MR) is 96.9 cm³/mol. The van der Waals surface area contributed by atoms with Gasteiger partial charge in [-0.05, 0) is 18.6 Å². The monoisotopic (exact) mass is 376 g/mol. The van der Waals surface area contributed by atoms with Gasteiger partial charge in [-0.2, -0.15) is 0 Å². The molecule has 5 nitrogen and oxygen atoms in total. The summed E-state index contributed by atoms with van der Waals surface area (Å²) in [6.45, 7) is 2.39. The summed E-state index contributed by atoms with van der Waals surface area (Å²) in [5.41, 5.74) is 3.46. The van der Waals surface area contributed by atoms with E-state index in [9.17, 15) is 9.59 Å². The molecule has 2 aromatic carbocycles. The van der Waals surface area contributed by atoms with Crippen LogP contribution in [0.15, 0.2) is 53.7 Å². The van der Waals surface area contributed by atoms with E-state index in [2.05, 4.69) is 9.99 Å². The van der Waals surface area contributed by atoms with Crippen molar-refractivity contribution in [3.05, 3.63) is 65.2 Å².